The van der Waals surface area contributed by atoms with Gasteiger partial charge in [0.15, 0.2) is 17.9 Å². The fourth-order valence-electron chi connectivity index (χ4n) is 8.14. The first-order valence-corrected chi connectivity index (χ1v) is 16.4. The SMILES string of the molecule is c1ccc(C(O[C@H]2[C@H]([C@@H]3COC4(CCCCC4)O3)O[C@H]3OC4(CCCCC4)O[C@@H]32)(c2ccccc2)c2ccccc2)cc1. The van der Waals surface area contributed by atoms with Crippen molar-refractivity contribution in [1.82, 2.24) is 0 Å². The Kier molecular flexibility index (Phi) is 7.41. The summed E-state index contributed by atoms with van der Waals surface area (Å²) in [5.41, 5.74) is 2.23. The molecule has 3 saturated heterocycles. The van der Waals surface area contributed by atoms with Crippen LogP contribution >= 0.6 is 0 Å². The largest absolute Gasteiger partial charge is 0.352 e. The van der Waals surface area contributed by atoms with Crippen molar-refractivity contribution in [2.75, 3.05) is 6.61 Å². The predicted molar refractivity (Wildman–Crippen MR) is 161 cm³/mol. The number of benzene rings is 3. The Hall–Kier alpha value is -2.58. The van der Waals surface area contributed by atoms with Crippen LogP contribution in [0.1, 0.15) is 80.9 Å². The van der Waals surface area contributed by atoms with E-state index in [9.17, 15) is 0 Å². The van der Waals surface area contributed by atoms with E-state index < -0.39 is 35.7 Å². The highest BCUT2D eigenvalue weighted by atomic mass is 16.9. The van der Waals surface area contributed by atoms with Crippen LogP contribution < -0.4 is 0 Å². The van der Waals surface area contributed by atoms with E-state index in [0.29, 0.717) is 6.61 Å². The van der Waals surface area contributed by atoms with Gasteiger partial charge in [-0.25, -0.2) is 0 Å². The van der Waals surface area contributed by atoms with Gasteiger partial charge in [-0.1, -0.05) is 104 Å². The first kappa shape index (κ1) is 27.9. The average Bonchev–Trinajstić information content (AvgIpc) is 3.73. The van der Waals surface area contributed by atoms with E-state index in [1.807, 2.05) is 0 Å². The van der Waals surface area contributed by atoms with Gasteiger partial charge in [-0.2, -0.15) is 0 Å². The Morgan fingerprint density at radius 2 is 1.07 bits per heavy atom. The van der Waals surface area contributed by atoms with Crippen LogP contribution in [0.5, 0.6) is 0 Å². The molecule has 2 saturated carbocycles. The lowest BCUT2D eigenvalue weighted by Crippen LogP contribution is -2.50. The van der Waals surface area contributed by atoms with Crippen molar-refractivity contribution in [3.8, 4) is 0 Å². The zero-order valence-electron chi connectivity index (χ0n) is 24.8. The van der Waals surface area contributed by atoms with Gasteiger partial charge in [-0.05, 0) is 42.4 Å². The van der Waals surface area contributed by atoms with Crippen LogP contribution in [0.25, 0.3) is 0 Å². The minimum absolute atomic E-state index is 0.275. The van der Waals surface area contributed by atoms with Crippen molar-refractivity contribution in [2.45, 2.75) is 112 Å². The molecule has 5 atom stereocenters. The smallest absolute Gasteiger partial charge is 0.190 e. The summed E-state index contributed by atoms with van der Waals surface area (Å²) in [5.74, 6) is -1.12. The summed E-state index contributed by atoms with van der Waals surface area (Å²) in [4.78, 5) is 0. The van der Waals surface area contributed by atoms with Gasteiger partial charge in [0.1, 0.15) is 30.0 Å². The van der Waals surface area contributed by atoms with Crippen LogP contribution in [0, 0.1) is 0 Å². The quantitative estimate of drug-likeness (QED) is 0.286. The summed E-state index contributed by atoms with van der Waals surface area (Å²) in [7, 11) is 0. The molecule has 0 unspecified atom stereocenters. The van der Waals surface area contributed by atoms with Crippen LogP contribution in [0.2, 0.25) is 0 Å². The van der Waals surface area contributed by atoms with Crippen LogP contribution in [-0.4, -0.2) is 48.9 Å². The molecule has 0 amide bonds. The highest BCUT2D eigenvalue weighted by Gasteiger charge is 2.63. The first-order valence-electron chi connectivity index (χ1n) is 16.4. The second-order valence-corrected chi connectivity index (χ2v) is 12.9. The minimum atomic E-state index is -0.918. The molecule has 3 aromatic carbocycles. The van der Waals surface area contributed by atoms with E-state index in [1.165, 1.54) is 12.8 Å². The van der Waals surface area contributed by atoms with E-state index in [0.717, 1.165) is 68.1 Å². The zero-order chi connectivity index (χ0) is 28.7. The molecule has 3 aromatic rings. The molecule has 0 radical (unpaired) electrons. The standard InChI is InChI=1S/C37H42O6/c1-6-16-27(17-7-1)37(28-18-8-2-9-19-28,29-20-10-3-11-21-29)42-32-31(30-26-38-35(40-30)22-12-4-13-23-35)39-34-33(32)41-36(43-34)24-14-5-15-25-36/h1-3,6-11,16-21,30-34H,4-5,12-15,22-26H2/t30-,31-,32-,33+,34-/m0/s1. The Morgan fingerprint density at radius 3 is 1.60 bits per heavy atom. The van der Waals surface area contributed by atoms with E-state index >= 15 is 0 Å². The number of rotatable bonds is 6. The molecule has 8 rings (SSSR count). The minimum Gasteiger partial charge on any atom is -0.352 e. The molecule has 6 heteroatoms. The fourth-order valence-corrected chi connectivity index (χ4v) is 8.14. The summed E-state index contributed by atoms with van der Waals surface area (Å²) >= 11 is 0. The Morgan fingerprint density at radius 1 is 0.558 bits per heavy atom. The van der Waals surface area contributed by atoms with Crippen LogP contribution in [0.3, 0.4) is 0 Å². The van der Waals surface area contributed by atoms with Crippen molar-refractivity contribution < 1.29 is 28.4 Å². The van der Waals surface area contributed by atoms with Gasteiger partial charge < -0.3 is 28.4 Å². The third kappa shape index (κ3) is 4.97. The van der Waals surface area contributed by atoms with E-state index in [1.54, 1.807) is 0 Å². The molecule has 6 nitrogen and oxygen atoms in total. The Bertz CT molecular complexity index is 1250. The summed E-state index contributed by atoms with van der Waals surface area (Å²) < 4.78 is 41.3. The topological polar surface area (TPSA) is 55.4 Å². The van der Waals surface area contributed by atoms with Gasteiger partial charge in [0.2, 0.25) is 0 Å². The zero-order valence-corrected chi connectivity index (χ0v) is 24.8. The van der Waals surface area contributed by atoms with E-state index in [2.05, 4.69) is 91.0 Å². The van der Waals surface area contributed by atoms with Crippen LogP contribution in [0.15, 0.2) is 91.0 Å². The molecule has 226 valence electrons. The monoisotopic (exact) mass is 582 g/mol. The molecular weight excluding hydrogens is 540 g/mol. The maximum Gasteiger partial charge on any atom is 0.190 e. The molecule has 0 aromatic heterocycles. The van der Waals surface area contributed by atoms with Gasteiger partial charge in [0.05, 0.1) is 6.61 Å². The molecule has 0 N–H and O–H groups in total. The second-order valence-electron chi connectivity index (χ2n) is 12.9. The van der Waals surface area contributed by atoms with Gasteiger partial charge in [0.25, 0.3) is 0 Å². The summed E-state index contributed by atoms with van der Waals surface area (Å²) in [6.45, 7) is 0.476. The molecular formula is C37H42O6. The van der Waals surface area contributed by atoms with Gasteiger partial charge in [-0.15, -0.1) is 0 Å². The van der Waals surface area contributed by atoms with Crippen LogP contribution in [0.4, 0.5) is 0 Å². The molecule has 3 aliphatic heterocycles. The summed E-state index contributed by atoms with van der Waals surface area (Å²) in [6, 6.07) is 31.6. The average molecular weight is 583 g/mol. The number of ether oxygens (including phenoxy) is 6. The molecule has 2 aliphatic carbocycles. The molecule has 5 fully saturated rings. The third-order valence-electron chi connectivity index (χ3n) is 10.2. The Labute approximate surface area is 254 Å². The lowest BCUT2D eigenvalue weighted by molar-refractivity contribution is -0.267. The van der Waals surface area contributed by atoms with Gasteiger partial charge in [-0.3, -0.25) is 0 Å². The van der Waals surface area contributed by atoms with Crippen molar-refractivity contribution in [3.63, 3.8) is 0 Å². The maximum atomic E-state index is 7.64. The van der Waals surface area contributed by atoms with Crippen LogP contribution in [-0.2, 0) is 34.0 Å². The van der Waals surface area contributed by atoms with Crippen molar-refractivity contribution >= 4 is 0 Å². The van der Waals surface area contributed by atoms with Crippen molar-refractivity contribution in [2.24, 2.45) is 0 Å². The maximum absolute atomic E-state index is 7.64. The second kappa shape index (κ2) is 11.4. The van der Waals surface area contributed by atoms with Gasteiger partial charge >= 0.3 is 0 Å². The molecule has 5 aliphatic rings. The number of hydrogen-bond donors (Lipinski definition) is 0. The summed E-state index contributed by atoms with van der Waals surface area (Å²) in [6.07, 6.45) is 8.45. The predicted octanol–water partition coefficient (Wildman–Crippen LogP) is 7.24. The molecule has 43 heavy (non-hydrogen) atoms. The van der Waals surface area contributed by atoms with E-state index in [-0.39, 0.29) is 12.2 Å². The van der Waals surface area contributed by atoms with Gasteiger partial charge in [0, 0.05) is 25.7 Å². The number of fused-ring (bicyclic) bond motifs is 1. The Balaban J connectivity index is 1.22. The fraction of sp³-hybridized carbons (Fsp3) is 0.514. The molecule has 3 heterocycles. The third-order valence-corrected chi connectivity index (χ3v) is 10.2. The molecule has 0 bridgehead atoms. The normalized spacial score (nSPS) is 31.4. The summed E-state index contributed by atoms with van der Waals surface area (Å²) in [5, 5.41) is 0. The van der Waals surface area contributed by atoms with E-state index in [4.69, 9.17) is 28.4 Å². The van der Waals surface area contributed by atoms with Crippen molar-refractivity contribution in [3.05, 3.63) is 108 Å². The lowest BCUT2D eigenvalue weighted by atomic mass is 9.79. The highest BCUT2D eigenvalue weighted by Crippen LogP contribution is 2.51. The molecule has 2 spiro atoms. The number of hydrogen-bond acceptors (Lipinski definition) is 6. The lowest BCUT2D eigenvalue weighted by Gasteiger charge is -2.41. The first-order chi connectivity index (χ1) is 21.2. The van der Waals surface area contributed by atoms with Crippen molar-refractivity contribution in [1.29, 1.82) is 0 Å². The highest BCUT2D eigenvalue weighted by molar-refractivity contribution is 5.47.